The van der Waals surface area contributed by atoms with Crippen molar-refractivity contribution in [2.45, 2.75) is 25.5 Å². The molecule has 0 aromatic heterocycles. The molecule has 4 nitrogen and oxygen atoms in total. The Bertz CT molecular complexity index is 421. The van der Waals surface area contributed by atoms with Crippen LogP contribution in [0.4, 0.5) is 0 Å². The van der Waals surface area contributed by atoms with Gasteiger partial charge in [0.05, 0.1) is 6.10 Å². The Morgan fingerprint density at radius 3 is 2.74 bits per heavy atom. The minimum atomic E-state index is -0.577. The van der Waals surface area contributed by atoms with Gasteiger partial charge in [-0.3, -0.25) is 4.79 Å². The van der Waals surface area contributed by atoms with Crippen LogP contribution in [-0.4, -0.2) is 37.1 Å². The molecule has 1 heterocycles. The average molecular weight is 262 g/mol. The topological polar surface area (TPSA) is 55.6 Å². The van der Waals surface area contributed by atoms with Gasteiger partial charge in [-0.1, -0.05) is 37.3 Å². The number of nitrogens with zero attached hydrogens (tertiary/aromatic N) is 1. The van der Waals surface area contributed by atoms with Gasteiger partial charge in [-0.05, 0) is 17.9 Å². The zero-order chi connectivity index (χ0) is 13.8. The molecule has 1 aromatic rings. The van der Waals surface area contributed by atoms with Crippen molar-refractivity contribution in [3.8, 4) is 0 Å². The molecule has 1 aromatic carbocycles. The first kappa shape index (κ1) is 14.0. The molecule has 0 spiro atoms. The smallest absolute Gasteiger partial charge is 0.244 e. The fraction of sp³-hybridized carbons (Fsp3) is 0.533. The molecular formula is C15H22N2O2. The molecular weight excluding hydrogens is 240 g/mol. The van der Waals surface area contributed by atoms with Crippen molar-refractivity contribution in [3.05, 3.63) is 35.9 Å². The second-order valence-electron chi connectivity index (χ2n) is 5.21. The maximum atomic E-state index is 12.4. The van der Waals surface area contributed by atoms with E-state index in [0.717, 1.165) is 18.5 Å². The molecule has 1 saturated heterocycles. The Kier molecular flexibility index (Phi) is 4.56. The number of rotatable bonds is 3. The summed E-state index contributed by atoms with van der Waals surface area (Å²) in [6.45, 7) is 3.56. The number of nitrogens with two attached hydrogens (primary N) is 1. The van der Waals surface area contributed by atoms with Gasteiger partial charge in [0.1, 0.15) is 6.04 Å². The number of hydrogen-bond acceptors (Lipinski definition) is 3. The van der Waals surface area contributed by atoms with Crippen LogP contribution in [0.3, 0.4) is 0 Å². The molecule has 3 unspecified atom stereocenters. The molecule has 0 bridgehead atoms. The summed E-state index contributed by atoms with van der Waals surface area (Å²) in [5, 5.41) is 0. The number of methoxy groups -OCH3 is 1. The number of likely N-dealkylation sites (tertiary alicyclic amines) is 1. The van der Waals surface area contributed by atoms with E-state index in [-0.39, 0.29) is 12.0 Å². The number of carbonyl (C=O) groups excluding carboxylic acids is 1. The molecule has 104 valence electrons. The fourth-order valence-electron chi connectivity index (χ4n) is 2.54. The lowest BCUT2D eigenvalue weighted by Crippen LogP contribution is -2.49. The Hall–Kier alpha value is -1.39. The van der Waals surface area contributed by atoms with E-state index in [1.54, 1.807) is 7.11 Å². The highest BCUT2D eigenvalue weighted by molar-refractivity contribution is 5.83. The van der Waals surface area contributed by atoms with E-state index < -0.39 is 6.04 Å². The first-order valence-corrected chi connectivity index (χ1v) is 6.75. The van der Waals surface area contributed by atoms with Gasteiger partial charge in [-0.25, -0.2) is 0 Å². The van der Waals surface area contributed by atoms with Crippen LogP contribution in [0.15, 0.2) is 30.3 Å². The molecule has 19 heavy (non-hydrogen) atoms. The quantitative estimate of drug-likeness (QED) is 0.899. The minimum Gasteiger partial charge on any atom is -0.379 e. The summed E-state index contributed by atoms with van der Waals surface area (Å²) in [6.07, 6.45) is 1.08. The highest BCUT2D eigenvalue weighted by Crippen LogP contribution is 2.22. The molecule has 1 fully saturated rings. The highest BCUT2D eigenvalue weighted by Gasteiger charge is 2.31. The van der Waals surface area contributed by atoms with E-state index in [9.17, 15) is 4.79 Å². The zero-order valence-corrected chi connectivity index (χ0v) is 11.6. The predicted octanol–water partition coefficient (Wildman–Crippen LogP) is 1.57. The average Bonchev–Trinajstić information content (AvgIpc) is 2.47. The monoisotopic (exact) mass is 262 g/mol. The van der Waals surface area contributed by atoms with Crippen molar-refractivity contribution >= 4 is 5.91 Å². The van der Waals surface area contributed by atoms with Gasteiger partial charge in [0.15, 0.2) is 0 Å². The maximum Gasteiger partial charge on any atom is 0.244 e. The molecule has 1 aliphatic rings. The SMILES string of the molecule is COC1CN(C(=O)C(N)c2ccccc2)CCC1C. The summed E-state index contributed by atoms with van der Waals surface area (Å²) in [4.78, 5) is 14.2. The van der Waals surface area contributed by atoms with Crippen LogP contribution in [0.1, 0.15) is 24.9 Å². The van der Waals surface area contributed by atoms with Crippen LogP contribution in [0, 0.1) is 5.92 Å². The van der Waals surface area contributed by atoms with E-state index in [4.69, 9.17) is 10.5 Å². The van der Waals surface area contributed by atoms with Gasteiger partial charge in [-0.2, -0.15) is 0 Å². The number of benzene rings is 1. The zero-order valence-electron chi connectivity index (χ0n) is 11.6. The highest BCUT2D eigenvalue weighted by atomic mass is 16.5. The number of hydrogen-bond donors (Lipinski definition) is 1. The number of ether oxygens (including phenoxy) is 1. The van der Waals surface area contributed by atoms with Crippen molar-refractivity contribution in [2.75, 3.05) is 20.2 Å². The van der Waals surface area contributed by atoms with Crippen LogP contribution in [0.2, 0.25) is 0 Å². The van der Waals surface area contributed by atoms with Gasteiger partial charge in [0, 0.05) is 20.2 Å². The molecule has 0 radical (unpaired) electrons. The van der Waals surface area contributed by atoms with Crippen molar-refractivity contribution < 1.29 is 9.53 Å². The van der Waals surface area contributed by atoms with E-state index in [2.05, 4.69) is 6.92 Å². The summed E-state index contributed by atoms with van der Waals surface area (Å²) in [5.74, 6) is 0.474. The van der Waals surface area contributed by atoms with Crippen LogP contribution in [-0.2, 0) is 9.53 Å². The maximum absolute atomic E-state index is 12.4. The second kappa shape index (κ2) is 6.17. The van der Waals surface area contributed by atoms with Crippen LogP contribution in [0.5, 0.6) is 0 Å². The molecule has 1 aliphatic heterocycles. The third-order valence-electron chi connectivity index (χ3n) is 3.93. The van der Waals surface area contributed by atoms with Gasteiger partial charge < -0.3 is 15.4 Å². The Morgan fingerprint density at radius 2 is 2.11 bits per heavy atom. The van der Waals surface area contributed by atoms with Crippen molar-refractivity contribution in [1.29, 1.82) is 0 Å². The summed E-state index contributed by atoms with van der Waals surface area (Å²) in [7, 11) is 1.70. The van der Waals surface area contributed by atoms with Crippen molar-refractivity contribution in [2.24, 2.45) is 11.7 Å². The standard InChI is InChI=1S/C15H22N2O2/c1-11-8-9-17(10-13(11)19-2)15(18)14(16)12-6-4-3-5-7-12/h3-7,11,13-14H,8-10,16H2,1-2H3. The number of amides is 1. The van der Waals surface area contributed by atoms with Gasteiger partial charge in [-0.15, -0.1) is 0 Å². The third kappa shape index (κ3) is 3.14. The van der Waals surface area contributed by atoms with Crippen molar-refractivity contribution in [1.82, 2.24) is 4.90 Å². The lowest BCUT2D eigenvalue weighted by atomic mass is 9.95. The largest absolute Gasteiger partial charge is 0.379 e. The third-order valence-corrected chi connectivity index (χ3v) is 3.93. The fourth-order valence-corrected chi connectivity index (χ4v) is 2.54. The summed E-state index contributed by atoms with van der Waals surface area (Å²) in [6, 6.07) is 8.93. The normalized spacial score (nSPS) is 25.1. The van der Waals surface area contributed by atoms with Crippen LogP contribution in [0.25, 0.3) is 0 Å². The molecule has 3 atom stereocenters. The Balaban J connectivity index is 2.04. The molecule has 2 N–H and O–H groups in total. The lowest BCUT2D eigenvalue weighted by molar-refractivity contribution is -0.137. The molecule has 2 rings (SSSR count). The van der Waals surface area contributed by atoms with E-state index in [1.807, 2.05) is 35.2 Å². The second-order valence-corrected chi connectivity index (χ2v) is 5.21. The predicted molar refractivity (Wildman–Crippen MR) is 74.5 cm³/mol. The molecule has 0 saturated carbocycles. The van der Waals surface area contributed by atoms with E-state index in [0.29, 0.717) is 12.5 Å². The summed E-state index contributed by atoms with van der Waals surface area (Å²) in [5.41, 5.74) is 6.92. The lowest BCUT2D eigenvalue weighted by Gasteiger charge is -2.37. The van der Waals surface area contributed by atoms with Crippen LogP contribution >= 0.6 is 0 Å². The van der Waals surface area contributed by atoms with E-state index >= 15 is 0 Å². The minimum absolute atomic E-state index is 0.0137. The summed E-state index contributed by atoms with van der Waals surface area (Å²) < 4.78 is 5.43. The molecule has 0 aliphatic carbocycles. The van der Waals surface area contributed by atoms with E-state index in [1.165, 1.54) is 0 Å². The summed E-state index contributed by atoms with van der Waals surface area (Å²) >= 11 is 0. The van der Waals surface area contributed by atoms with Gasteiger partial charge in [0.25, 0.3) is 0 Å². The Labute approximate surface area is 114 Å². The molecule has 4 heteroatoms. The number of piperidine rings is 1. The number of carbonyl (C=O) groups is 1. The first-order valence-electron chi connectivity index (χ1n) is 6.75. The van der Waals surface area contributed by atoms with Crippen molar-refractivity contribution in [3.63, 3.8) is 0 Å². The Morgan fingerprint density at radius 1 is 1.42 bits per heavy atom. The van der Waals surface area contributed by atoms with Crippen LogP contribution < -0.4 is 5.73 Å². The van der Waals surface area contributed by atoms with Gasteiger partial charge >= 0.3 is 0 Å². The van der Waals surface area contributed by atoms with Gasteiger partial charge in [0.2, 0.25) is 5.91 Å². The molecule has 1 amide bonds. The first-order chi connectivity index (χ1) is 9.13.